The lowest BCUT2D eigenvalue weighted by molar-refractivity contribution is 0.244. The Balaban J connectivity index is 1.88. The van der Waals surface area contributed by atoms with Gasteiger partial charge in [0, 0.05) is 37.6 Å². The average Bonchev–Trinajstić information content (AvgIpc) is 2.46. The van der Waals surface area contributed by atoms with Crippen molar-refractivity contribution in [2.24, 2.45) is 5.92 Å². The Morgan fingerprint density at radius 1 is 1.17 bits per heavy atom. The summed E-state index contributed by atoms with van der Waals surface area (Å²) in [4.78, 5) is 2.46. The van der Waals surface area contributed by atoms with E-state index < -0.39 is 0 Å². The summed E-state index contributed by atoms with van der Waals surface area (Å²) in [7, 11) is 0. The summed E-state index contributed by atoms with van der Waals surface area (Å²) >= 11 is 0. The summed E-state index contributed by atoms with van der Waals surface area (Å²) in [5.74, 6) is 0.298. The number of piperidine rings is 1. The van der Waals surface area contributed by atoms with Gasteiger partial charge < -0.3 is 15.3 Å². The summed E-state index contributed by atoms with van der Waals surface area (Å²) in [6.45, 7) is 5.47. The summed E-state index contributed by atoms with van der Waals surface area (Å²) < 4.78 is 0. The van der Waals surface area contributed by atoms with E-state index in [1.54, 1.807) is 0 Å². The molecular formula is C15H24N2O. The largest absolute Gasteiger partial charge is 0.396 e. The van der Waals surface area contributed by atoms with E-state index in [9.17, 15) is 0 Å². The second-order valence-corrected chi connectivity index (χ2v) is 5.26. The van der Waals surface area contributed by atoms with Gasteiger partial charge in [0.1, 0.15) is 0 Å². The quantitative estimate of drug-likeness (QED) is 0.841. The fourth-order valence-corrected chi connectivity index (χ4v) is 2.30. The smallest absolute Gasteiger partial charge is 0.0473 e. The molecule has 2 N–H and O–H groups in total. The van der Waals surface area contributed by atoms with Crippen LogP contribution in [0.4, 0.5) is 11.4 Å². The van der Waals surface area contributed by atoms with Gasteiger partial charge in [-0.3, -0.25) is 0 Å². The molecule has 1 fully saturated rings. The predicted octanol–water partition coefficient (Wildman–Crippen LogP) is 2.72. The van der Waals surface area contributed by atoms with E-state index in [2.05, 4.69) is 34.5 Å². The number of benzene rings is 1. The lowest BCUT2D eigenvalue weighted by atomic mass is 10.1. The third-order valence-electron chi connectivity index (χ3n) is 3.55. The van der Waals surface area contributed by atoms with E-state index in [4.69, 9.17) is 5.11 Å². The van der Waals surface area contributed by atoms with Crippen LogP contribution in [0.2, 0.25) is 0 Å². The van der Waals surface area contributed by atoms with Gasteiger partial charge in [0.2, 0.25) is 0 Å². The highest BCUT2D eigenvalue weighted by Crippen LogP contribution is 2.21. The minimum Gasteiger partial charge on any atom is -0.396 e. The van der Waals surface area contributed by atoms with Crippen LogP contribution in [0.1, 0.15) is 26.2 Å². The molecule has 1 aromatic rings. The Morgan fingerprint density at radius 2 is 1.83 bits per heavy atom. The van der Waals surface area contributed by atoms with E-state index in [0.29, 0.717) is 5.92 Å². The molecule has 1 aliphatic rings. The first-order valence-electron chi connectivity index (χ1n) is 6.99. The number of hydrogen-bond acceptors (Lipinski definition) is 3. The van der Waals surface area contributed by atoms with Crippen LogP contribution in [-0.4, -0.2) is 31.3 Å². The van der Waals surface area contributed by atoms with E-state index in [-0.39, 0.29) is 6.61 Å². The first kappa shape index (κ1) is 13.2. The van der Waals surface area contributed by atoms with Crippen molar-refractivity contribution >= 4 is 11.4 Å². The Kier molecular flexibility index (Phi) is 4.88. The maximum atomic E-state index is 8.98. The van der Waals surface area contributed by atoms with Gasteiger partial charge in [0.05, 0.1) is 0 Å². The fourth-order valence-electron chi connectivity index (χ4n) is 2.30. The van der Waals surface area contributed by atoms with Crippen molar-refractivity contribution in [2.45, 2.75) is 26.2 Å². The zero-order valence-electron chi connectivity index (χ0n) is 11.2. The Labute approximate surface area is 110 Å². The molecule has 0 aromatic heterocycles. The maximum absolute atomic E-state index is 8.98. The van der Waals surface area contributed by atoms with Gasteiger partial charge in [0.15, 0.2) is 0 Å². The molecule has 0 radical (unpaired) electrons. The fraction of sp³-hybridized carbons (Fsp3) is 0.600. The number of aliphatic hydroxyl groups excluding tert-OH is 1. The molecule has 3 heteroatoms. The second-order valence-electron chi connectivity index (χ2n) is 5.26. The minimum absolute atomic E-state index is 0.235. The zero-order valence-corrected chi connectivity index (χ0v) is 11.2. The van der Waals surface area contributed by atoms with Crippen LogP contribution in [0.15, 0.2) is 24.3 Å². The van der Waals surface area contributed by atoms with Crippen molar-refractivity contribution in [3.8, 4) is 0 Å². The maximum Gasteiger partial charge on any atom is 0.0473 e. The molecule has 0 amide bonds. The van der Waals surface area contributed by atoms with Crippen LogP contribution in [0.5, 0.6) is 0 Å². The van der Waals surface area contributed by atoms with Gasteiger partial charge in [-0.2, -0.15) is 0 Å². The van der Waals surface area contributed by atoms with Gasteiger partial charge in [0.25, 0.3) is 0 Å². The van der Waals surface area contributed by atoms with Gasteiger partial charge >= 0.3 is 0 Å². The lowest BCUT2D eigenvalue weighted by Crippen LogP contribution is -2.29. The molecule has 18 heavy (non-hydrogen) atoms. The van der Waals surface area contributed by atoms with Crippen molar-refractivity contribution in [2.75, 3.05) is 36.5 Å². The third-order valence-corrected chi connectivity index (χ3v) is 3.55. The van der Waals surface area contributed by atoms with Crippen molar-refractivity contribution in [1.82, 2.24) is 0 Å². The molecule has 1 saturated heterocycles. The topological polar surface area (TPSA) is 35.5 Å². The molecule has 0 saturated carbocycles. The van der Waals surface area contributed by atoms with Crippen LogP contribution in [0, 0.1) is 5.92 Å². The van der Waals surface area contributed by atoms with Crippen molar-refractivity contribution in [1.29, 1.82) is 0 Å². The van der Waals surface area contributed by atoms with E-state index >= 15 is 0 Å². The zero-order chi connectivity index (χ0) is 12.8. The molecule has 1 aromatic carbocycles. The molecule has 0 aliphatic carbocycles. The lowest BCUT2D eigenvalue weighted by Gasteiger charge is -2.29. The number of nitrogens with one attached hydrogen (secondary N) is 1. The Morgan fingerprint density at radius 3 is 2.44 bits per heavy atom. The first-order chi connectivity index (χ1) is 8.79. The normalized spacial score (nSPS) is 17.6. The average molecular weight is 248 g/mol. The molecule has 1 atom stereocenters. The van der Waals surface area contributed by atoms with E-state index in [1.807, 2.05) is 6.92 Å². The van der Waals surface area contributed by atoms with Gasteiger partial charge in [-0.1, -0.05) is 6.92 Å². The second kappa shape index (κ2) is 6.64. The van der Waals surface area contributed by atoms with Gasteiger partial charge in [-0.25, -0.2) is 0 Å². The minimum atomic E-state index is 0.235. The highest BCUT2D eigenvalue weighted by Gasteiger charge is 2.10. The molecule has 1 heterocycles. The van der Waals surface area contributed by atoms with E-state index in [1.165, 1.54) is 38.0 Å². The predicted molar refractivity (Wildman–Crippen MR) is 77.2 cm³/mol. The summed E-state index contributed by atoms with van der Waals surface area (Å²) in [5.41, 5.74) is 2.46. The van der Waals surface area contributed by atoms with Crippen LogP contribution in [0.25, 0.3) is 0 Å². The van der Waals surface area contributed by atoms with Crippen molar-refractivity contribution in [3.05, 3.63) is 24.3 Å². The van der Waals surface area contributed by atoms with Gasteiger partial charge in [-0.15, -0.1) is 0 Å². The van der Waals surface area contributed by atoms with Gasteiger partial charge in [-0.05, 0) is 49.4 Å². The molecular weight excluding hydrogens is 224 g/mol. The summed E-state index contributed by atoms with van der Waals surface area (Å²) in [6.07, 6.45) is 4.00. The standard InChI is InChI=1S/C15H24N2O/c1-13(12-18)11-16-14-5-7-15(8-6-14)17-9-3-2-4-10-17/h5-8,13,16,18H,2-4,9-12H2,1H3. The highest BCUT2D eigenvalue weighted by atomic mass is 16.3. The number of aliphatic hydroxyl groups is 1. The highest BCUT2D eigenvalue weighted by molar-refractivity contribution is 5.55. The molecule has 0 spiro atoms. The summed E-state index contributed by atoms with van der Waals surface area (Å²) in [5, 5.41) is 12.3. The van der Waals surface area contributed by atoms with Crippen molar-refractivity contribution < 1.29 is 5.11 Å². The Bertz CT molecular complexity index is 344. The molecule has 3 nitrogen and oxygen atoms in total. The number of nitrogens with zero attached hydrogens (tertiary/aromatic N) is 1. The molecule has 100 valence electrons. The number of rotatable bonds is 5. The first-order valence-corrected chi connectivity index (χ1v) is 6.99. The molecule has 1 unspecified atom stereocenters. The SMILES string of the molecule is CC(CO)CNc1ccc(N2CCCCC2)cc1. The molecule has 1 aliphatic heterocycles. The number of anilines is 2. The van der Waals surface area contributed by atoms with Crippen molar-refractivity contribution in [3.63, 3.8) is 0 Å². The summed E-state index contributed by atoms with van der Waals surface area (Å²) in [6, 6.07) is 8.65. The Hall–Kier alpha value is -1.22. The van der Waals surface area contributed by atoms with Crippen LogP contribution >= 0.6 is 0 Å². The van der Waals surface area contributed by atoms with E-state index in [0.717, 1.165) is 12.2 Å². The monoisotopic (exact) mass is 248 g/mol. The third kappa shape index (κ3) is 3.64. The molecule has 0 bridgehead atoms. The van der Waals surface area contributed by atoms with Crippen LogP contribution < -0.4 is 10.2 Å². The number of hydrogen-bond donors (Lipinski definition) is 2. The van der Waals surface area contributed by atoms with Crippen LogP contribution in [0.3, 0.4) is 0 Å². The van der Waals surface area contributed by atoms with Crippen LogP contribution in [-0.2, 0) is 0 Å². The molecule has 2 rings (SSSR count).